The zero-order valence-corrected chi connectivity index (χ0v) is 13.2. The second-order valence-electron chi connectivity index (χ2n) is 6.27. The number of likely N-dealkylation sites (N-methyl/N-ethyl adjacent to an activating group) is 1. The van der Waals surface area contributed by atoms with E-state index in [1.165, 1.54) is 4.90 Å². The highest BCUT2D eigenvalue weighted by molar-refractivity contribution is 5.85. The molecule has 116 valence electrons. The molecule has 3 N–H and O–H groups in total. The van der Waals surface area contributed by atoms with Crippen molar-refractivity contribution in [2.45, 2.75) is 38.8 Å². The van der Waals surface area contributed by atoms with Crippen LogP contribution in [0.3, 0.4) is 0 Å². The normalized spacial score (nSPS) is 12.6. The van der Waals surface area contributed by atoms with Gasteiger partial charge in [0.15, 0.2) is 0 Å². The second-order valence-corrected chi connectivity index (χ2v) is 6.27. The van der Waals surface area contributed by atoms with Gasteiger partial charge in [0.1, 0.15) is 0 Å². The molecule has 0 aliphatic heterocycles. The minimum atomic E-state index is -0.355. The van der Waals surface area contributed by atoms with Crippen molar-refractivity contribution in [3.8, 4) is 0 Å². The van der Waals surface area contributed by atoms with E-state index in [0.717, 1.165) is 5.56 Å². The first-order chi connectivity index (χ1) is 9.69. The summed E-state index contributed by atoms with van der Waals surface area (Å²) in [6, 6.07) is 9.11. The van der Waals surface area contributed by atoms with Crippen LogP contribution in [0.1, 0.15) is 38.8 Å². The van der Waals surface area contributed by atoms with E-state index in [-0.39, 0.29) is 36.4 Å². The van der Waals surface area contributed by atoms with Gasteiger partial charge in [-0.05, 0) is 26.3 Å². The van der Waals surface area contributed by atoms with Crippen molar-refractivity contribution in [2.75, 3.05) is 13.6 Å². The number of carbonyl (C=O) groups excluding carboxylic acids is 2. The lowest BCUT2D eigenvalue weighted by molar-refractivity contribution is -0.135. The molecule has 1 rings (SSSR count). The number of amides is 2. The highest BCUT2D eigenvalue weighted by atomic mass is 16.2. The van der Waals surface area contributed by atoms with Crippen LogP contribution in [0.15, 0.2) is 30.3 Å². The Hall–Kier alpha value is -1.88. The van der Waals surface area contributed by atoms with Gasteiger partial charge < -0.3 is 16.0 Å². The van der Waals surface area contributed by atoms with Gasteiger partial charge in [0, 0.05) is 25.0 Å². The van der Waals surface area contributed by atoms with E-state index in [9.17, 15) is 9.59 Å². The van der Waals surface area contributed by atoms with Crippen LogP contribution in [-0.2, 0) is 9.59 Å². The molecule has 1 aromatic carbocycles. The minimum Gasteiger partial charge on any atom is -0.350 e. The van der Waals surface area contributed by atoms with Crippen molar-refractivity contribution in [1.82, 2.24) is 10.2 Å². The van der Waals surface area contributed by atoms with Crippen LogP contribution in [0.25, 0.3) is 0 Å². The first-order valence-electron chi connectivity index (χ1n) is 7.04. The van der Waals surface area contributed by atoms with E-state index in [2.05, 4.69) is 5.32 Å². The monoisotopic (exact) mass is 291 g/mol. The van der Waals surface area contributed by atoms with Crippen LogP contribution in [-0.4, -0.2) is 35.8 Å². The average molecular weight is 291 g/mol. The summed E-state index contributed by atoms with van der Waals surface area (Å²) in [6.45, 7) is 5.74. The summed E-state index contributed by atoms with van der Waals surface area (Å²) in [5.41, 5.74) is 6.63. The van der Waals surface area contributed by atoms with Gasteiger partial charge in [-0.25, -0.2) is 0 Å². The van der Waals surface area contributed by atoms with E-state index in [1.54, 1.807) is 7.05 Å². The molecule has 2 amide bonds. The maximum atomic E-state index is 12.1. The molecule has 21 heavy (non-hydrogen) atoms. The van der Waals surface area contributed by atoms with Crippen molar-refractivity contribution >= 4 is 11.8 Å². The fourth-order valence-electron chi connectivity index (χ4n) is 1.92. The summed E-state index contributed by atoms with van der Waals surface area (Å²) in [5, 5.41) is 2.83. The van der Waals surface area contributed by atoms with E-state index in [4.69, 9.17) is 5.73 Å². The minimum absolute atomic E-state index is 0.0393. The maximum Gasteiger partial charge on any atom is 0.240 e. The Morgan fingerprint density at radius 1 is 1.24 bits per heavy atom. The lowest BCUT2D eigenvalue weighted by atomic mass is 10.0. The number of nitrogens with zero attached hydrogens (tertiary/aromatic N) is 1. The largest absolute Gasteiger partial charge is 0.350 e. The third-order valence-electron chi connectivity index (χ3n) is 2.94. The van der Waals surface area contributed by atoms with Gasteiger partial charge in [-0.2, -0.15) is 0 Å². The molecule has 0 radical (unpaired) electrons. The van der Waals surface area contributed by atoms with Gasteiger partial charge in [-0.15, -0.1) is 0 Å². The third-order valence-corrected chi connectivity index (χ3v) is 2.94. The molecule has 0 aliphatic rings. The number of nitrogens with two attached hydrogens (primary N) is 1. The Morgan fingerprint density at radius 2 is 1.81 bits per heavy atom. The second kappa shape index (κ2) is 7.22. The first kappa shape index (κ1) is 17.2. The summed E-state index contributed by atoms with van der Waals surface area (Å²) >= 11 is 0. The molecule has 1 aromatic rings. The Morgan fingerprint density at radius 3 is 2.33 bits per heavy atom. The number of rotatable bonds is 5. The third kappa shape index (κ3) is 6.40. The van der Waals surface area contributed by atoms with Crippen LogP contribution in [0.4, 0.5) is 0 Å². The van der Waals surface area contributed by atoms with Crippen molar-refractivity contribution in [1.29, 1.82) is 0 Å². The SMILES string of the molecule is CN(CC(=O)NC(C)(C)C)C(=O)CC(N)c1ccccc1. The van der Waals surface area contributed by atoms with Gasteiger partial charge in [0.25, 0.3) is 0 Å². The quantitative estimate of drug-likeness (QED) is 0.862. The zero-order chi connectivity index (χ0) is 16.0. The molecule has 0 spiro atoms. The molecular formula is C16H25N3O2. The molecular weight excluding hydrogens is 266 g/mol. The van der Waals surface area contributed by atoms with Crippen LogP contribution in [0.2, 0.25) is 0 Å². The predicted octanol–water partition coefficient (Wildman–Crippen LogP) is 1.45. The maximum absolute atomic E-state index is 12.1. The summed E-state index contributed by atoms with van der Waals surface area (Å²) in [5.74, 6) is -0.318. The Bertz CT molecular complexity index is 480. The lowest BCUT2D eigenvalue weighted by Crippen LogP contribution is -2.46. The fraction of sp³-hybridized carbons (Fsp3) is 0.500. The van der Waals surface area contributed by atoms with Crippen LogP contribution < -0.4 is 11.1 Å². The summed E-state index contributed by atoms with van der Waals surface area (Å²) in [6.07, 6.45) is 0.184. The van der Waals surface area contributed by atoms with Gasteiger partial charge in [0.05, 0.1) is 6.54 Å². The molecule has 0 bridgehead atoms. The van der Waals surface area contributed by atoms with E-state index in [1.807, 2.05) is 51.1 Å². The summed E-state index contributed by atoms with van der Waals surface area (Å²) < 4.78 is 0. The van der Waals surface area contributed by atoms with Crippen molar-refractivity contribution in [2.24, 2.45) is 5.73 Å². The molecule has 5 nitrogen and oxygen atoms in total. The highest BCUT2D eigenvalue weighted by Crippen LogP contribution is 2.14. The van der Waals surface area contributed by atoms with Gasteiger partial charge >= 0.3 is 0 Å². The summed E-state index contributed by atoms with van der Waals surface area (Å²) in [4.78, 5) is 25.3. The molecule has 1 unspecified atom stereocenters. The van der Waals surface area contributed by atoms with Gasteiger partial charge in [-0.1, -0.05) is 30.3 Å². The Balaban J connectivity index is 2.50. The molecule has 0 saturated heterocycles. The average Bonchev–Trinajstić information content (AvgIpc) is 2.37. The number of hydrogen-bond acceptors (Lipinski definition) is 3. The topological polar surface area (TPSA) is 75.4 Å². The van der Waals surface area contributed by atoms with Crippen LogP contribution >= 0.6 is 0 Å². The molecule has 1 atom stereocenters. The van der Waals surface area contributed by atoms with E-state index in [0.29, 0.717) is 0 Å². The number of nitrogens with one attached hydrogen (secondary N) is 1. The molecule has 5 heteroatoms. The standard InChI is InChI=1S/C16H25N3O2/c1-16(2,3)18-14(20)11-19(4)15(21)10-13(17)12-8-6-5-7-9-12/h5-9,13H,10-11,17H2,1-4H3,(H,18,20). The van der Waals surface area contributed by atoms with Gasteiger partial charge in [0.2, 0.25) is 11.8 Å². The zero-order valence-electron chi connectivity index (χ0n) is 13.2. The molecule has 0 fully saturated rings. The van der Waals surface area contributed by atoms with Crippen LogP contribution in [0.5, 0.6) is 0 Å². The fourth-order valence-corrected chi connectivity index (χ4v) is 1.92. The molecule has 0 aliphatic carbocycles. The van der Waals surface area contributed by atoms with Crippen LogP contribution in [0, 0.1) is 0 Å². The van der Waals surface area contributed by atoms with Crippen molar-refractivity contribution in [3.63, 3.8) is 0 Å². The predicted molar refractivity (Wildman–Crippen MR) is 83.5 cm³/mol. The van der Waals surface area contributed by atoms with E-state index >= 15 is 0 Å². The Labute approximate surface area is 126 Å². The molecule has 0 heterocycles. The lowest BCUT2D eigenvalue weighted by Gasteiger charge is -2.24. The molecule has 0 aromatic heterocycles. The van der Waals surface area contributed by atoms with Crippen molar-refractivity contribution in [3.05, 3.63) is 35.9 Å². The first-order valence-corrected chi connectivity index (χ1v) is 7.04. The summed E-state index contributed by atoms with van der Waals surface area (Å²) in [7, 11) is 1.61. The van der Waals surface area contributed by atoms with E-state index < -0.39 is 0 Å². The smallest absolute Gasteiger partial charge is 0.240 e. The number of carbonyl (C=O) groups is 2. The molecule has 0 saturated carbocycles. The highest BCUT2D eigenvalue weighted by Gasteiger charge is 2.19. The Kier molecular flexibility index (Phi) is 5.90. The number of hydrogen-bond donors (Lipinski definition) is 2. The number of benzene rings is 1. The van der Waals surface area contributed by atoms with Crippen molar-refractivity contribution < 1.29 is 9.59 Å². The van der Waals surface area contributed by atoms with Gasteiger partial charge in [-0.3, -0.25) is 9.59 Å².